The molecule has 0 fully saturated rings. The number of aliphatic hydroxyl groups is 1. The molecule has 4 N–H and O–H groups in total. The van der Waals surface area contributed by atoms with Gasteiger partial charge in [-0.1, -0.05) is 6.92 Å². The minimum atomic E-state index is -3.47. The third-order valence-electron chi connectivity index (χ3n) is 5.40. The first-order chi connectivity index (χ1) is 13.6. The second kappa shape index (κ2) is 7.12. The van der Waals surface area contributed by atoms with Crippen LogP contribution in [0.2, 0.25) is 0 Å². The van der Waals surface area contributed by atoms with Crippen LogP contribution < -0.4 is 10.5 Å². The van der Waals surface area contributed by atoms with E-state index >= 15 is 0 Å². The average Bonchev–Trinajstić information content (AvgIpc) is 3.33. The van der Waals surface area contributed by atoms with E-state index in [0.717, 1.165) is 71.6 Å². The highest BCUT2D eigenvalue weighted by Crippen LogP contribution is 2.41. The summed E-state index contributed by atoms with van der Waals surface area (Å²) in [7, 11) is -3.47. The van der Waals surface area contributed by atoms with E-state index in [1.807, 2.05) is 0 Å². The van der Waals surface area contributed by atoms with Crippen LogP contribution in [0.25, 0.3) is 0 Å². The molecule has 0 aliphatic heterocycles. The number of fused-ring (bicyclic) bond motifs is 2. The summed E-state index contributed by atoms with van der Waals surface area (Å²) in [6, 6.07) is -0.738. The van der Waals surface area contributed by atoms with Gasteiger partial charge in [0.1, 0.15) is 14.8 Å². The van der Waals surface area contributed by atoms with Crippen molar-refractivity contribution in [2.45, 2.75) is 68.6 Å². The van der Waals surface area contributed by atoms with Gasteiger partial charge in [0.2, 0.25) is 0 Å². The molecule has 8 nitrogen and oxygen atoms in total. The highest BCUT2D eigenvalue weighted by molar-refractivity contribution is 7.93. The fourth-order valence-electron chi connectivity index (χ4n) is 3.93. The zero-order valence-corrected chi connectivity index (χ0v) is 18.3. The molecule has 2 aliphatic carbocycles. The van der Waals surface area contributed by atoms with Crippen LogP contribution in [0.3, 0.4) is 0 Å². The van der Waals surface area contributed by atoms with Crippen LogP contribution in [0.1, 0.15) is 67.1 Å². The van der Waals surface area contributed by atoms with Crippen molar-refractivity contribution >= 4 is 33.0 Å². The van der Waals surface area contributed by atoms with Crippen LogP contribution in [0, 0.1) is 0 Å². The quantitative estimate of drug-likeness (QED) is 0.681. The summed E-state index contributed by atoms with van der Waals surface area (Å²) in [5, 5.41) is 19.1. The fourth-order valence-corrected chi connectivity index (χ4v) is 5.99. The fraction of sp³-hybridized carbons (Fsp3) is 0.526. The Hall–Kier alpha value is -1.88. The average molecular weight is 436 g/mol. The number of rotatable bonds is 3. The Balaban J connectivity index is 1.66. The van der Waals surface area contributed by atoms with Crippen molar-refractivity contribution in [3.05, 3.63) is 33.7 Å². The van der Waals surface area contributed by atoms with Gasteiger partial charge in [-0.15, -0.1) is 15.7 Å². The van der Waals surface area contributed by atoms with Gasteiger partial charge in [-0.05, 0) is 63.0 Å². The van der Waals surface area contributed by atoms with Crippen molar-refractivity contribution in [3.63, 3.8) is 0 Å². The molecule has 2 aromatic heterocycles. The van der Waals surface area contributed by atoms with Gasteiger partial charge in [0.15, 0.2) is 9.92 Å². The molecule has 0 radical (unpaired) electrons. The first-order valence-electron chi connectivity index (χ1n) is 9.65. The lowest BCUT2D eigenvalue weighted by Gasteiger charge is -2.15. The second-order valence-electron chi connectivity index (χ2n) is 8.20. The molecule has 156 valence electrons. The van der Waals surface area contributed by atoms with Crippen molar-refractivity contribution in [2.75, 3.05) is 5.32 Å². The lowest BCUT2D eigenvalue weighted by Crippen LogP contribution is -2.18. The molecular weight excluding hydrogens is 410 g/mol. The normalized spacial score (nSPS) is 20.1. The van der Waals surface area contributed by atoms with Crippen LogP contribution in [-0.2, 0) is 34.8 Å². The van der Waals surface area contributed by atoms with E-state index in [1.165, 1.54) is 6.20 Å². The second-order valence-corrected chi connectivity index (χ2v) is 11.3. The third kappa shape index (κ3) is 3.81. The Morgan fingerprint density at radius 2 is 2.14 bits per heavy atom. The first kappa shape index (κ1) is 20.4. The number of pyridine rings is 1. The largest absolute Gasteiger partial charge is 0.383 e. The molecule has 10 heteroatoms. The number of amides is 2. The van der Waals surface area contributed by atoms with Gasteiger partial charge < -0.3 is 10.4 Å². The number of nitrogens with zero attached hydrogens (tertiary/aromatic N) is 3. The molecule has 0 saturated heterocycles. The molecule has 29 heavy (non-hydrogen) atoms. The number of thiazole rings is 1. The number of hydrogen-bond donors (Lipinski definition) is 3. The summed E-state index contributed by atoms with van der Waals surface area (Å²) in [6.07, 6.45) is 5.94. The maximum Gasteiger partial charge on any atom is 0.354 e. The summed E-state index contributed by atoms with van der Waals surface area (Å²) in [4.78, 5) is 21.6. The predicted octanol–water partition coefficient (Wildman–Crippen LogP) is 3.24. The first-order valence-corrected chi connectivity index (χ1v) is 12.0. The SMILES string of the molecule is C[C@H]1CCc2c1nc1c(c2NC(=O)N=[S@@](N)(=O)c2cnc(C(C)(C)O)s2)CCC1. The van der Waals surface area contributed by atoms with Gasteiger partial charge in [-0.2, -0.15) is 0 Å². The molecular formula is C19H25N5O3S2. The predicted molar refractivity (Wildman–Crippen MR) is 112 cm³/mol. The van der Waals surface area contributed by atoms with E-state index in [4.69, 9.17) is 10.1 Å². The summed E-state index contributed by atoms with van der Waals surface area (Å²) < 4.78 is 16.8. The highest BCUT2D eigenvalue weighted by Gasteiger charge is 2.30. The van der Waals surface area contributed by atoms with Crippen LogP contribution in [0.4, 0.5) is 10.5 Å². The number of nitrogens with one attached hydrogen (secondary N) is 1. The number of nitrogens with two attached hydrogens (primary N) is 1. The van der Waals surface area contributed by atoms with E-state index in [2.05, 4.69) is 21.6 Å². The Morgan fingerprint density at radius 1 is 1.38 bits per heavy atom. The molecule has 0 spiro atoms. The molecule has 2 aromatic rings. The Kier molecular flexibility index (Phi) is 5.01. The minimum absolute atomic E-state index is 0.156. The number of aromatic nitrogens is 2. The van der Waals surface area contributed by atoms with E-state index in [0.29, 0.717) is 10.9 Å². The Morgan fingerprint density at radius 3 is 2.83 bits per heavy atom. The van der Waals surface area contributed by atoms with Gasteiger partial charge in [0.25, 0.3) is 0 Å². The van der Waals surface area contributed by atoms with Gasteiger partial charge in [0, 0.05) is 11.4 Å². The standard InChI is InChI=1S/C19H25N5O3S2/c1-10-7-8-12-15(10)22-13-6-4-5-11(13)16(12)23-18(25)24-29(20,27)14-9-21-17(28-14)19(2,3)26/h9-10,26H,4-8H2,1-3H3,(H3,20,22,23,24,25,27)/t10-,29+/m0/s1. The maximum atomic E-state index is 12.9. The van der Waals surface area contributed by atoms with Crippen LogP contribution in [0.15, 0.2) is 14.8 Å². The molecule has 2 heterocycles. The third-order valence-corrected chi connectivity index (χ3v) is 8.59. The van der Waals surface area contributed by atoms with E-state index < -0.39 is 21.5 Å². The van der Waals surface area contributed by atoms with E-state index in [1.54, 1.807) is 13.8 Å². The lowest BCUT2D eigenvalue weighted by molar-refractivity contribution is 0.0783. The van der Waals surface area contributed by atoms with Crippen molar-refractivity contribution < 1.29 is 14.1 Å². The Bertz CT molecular complexity index is 1110. The molecule has 2 amide bonds. The summed E-state index contributed by atoms with van der Waals surface area (Å²) >= 11 is 0.990. The smallest absolute Gasteiger partial charge is 0.354 e. The van der Waals surface area contributed by atoms with E-state index in [9.17, 15) is 14.1 Å². The number of aryl methyl sites for hydroxylation is 1. The van der Waals surface area contributed by atoms with Crippen molar-refractivity contribution in [3.8, 4) is 0 Å². The lowest BCUT2D eigenvalue weighted by atomic mass is 10.0. The van der Waals surface area contributed by atoms with Gasteiger partial charge in [-0.3, -0.25) is 4.98 Å². The molecule has 4 rings (SSSR count). The maximum absolute atomic E-state index is 12.9. The monoisotopic (exact) mass is 435 g/mol. The van der Waals surface area contributed by atoms with Crippen molar-refractivity contribution in [2.24, 2.45) is 9.50 Å². The van der Waals surface area contributed by atoms with Crippen molar-refractivity contribution in [1.29, 1.82) is 0 Å². The van der Waals surface area contributed by atoms with E-state index in [-0.39, 0.29) is 4.21 Å². The van der Waals surface area contributed by atoms with Gasteiger partial charge >= 0.3 is 6.03 Å². The zero-order valence-electron chi connectivity index (χ0n) is 16.7. The summed E-state index contributed by atoms with van der Waals surface area (Å²) in [5.74, 6) is 0.361. The number of anilines is 1. The summed E-state index contributed by atoms with van der Waals surface area (Å²) in [5.41, 5.74) is 3.80. The van der Waals surface area contributed by atoms with Gasteiger partial charge in [-0.25, -0.2) is 19.1 Å². The molecule has 0 aromatic carbocycles. The van der Waals surface area contributed by atoms with Crippen LogP contribution in [0.5, 0.6) is 0 Å². The van der Waals surface area contributed by atoms with Crippen molar-refractivity contribution in [1.82, 2.24) is 9.97 Å². The van der Waals surface area contributed by atoms with Crippen LogP contribution >= 0.6 is 11.3 Å². The molecule has 0 unspecified atom stereocenters. The van der Waals surface area contributed by atoms with Gasteiger partial charge in [0.05, 0.1) is 11.9 Å². The molecule has 0 bridgehead atoms. The molecule has 2 aliphatic rings. The number of hydrogen-bond acceptors (Lipinski definition) is 6. The molecule has 2 atom stereocenters. The number of carbonyl (C=O) groups is 1. The summed E-state index contributed by atoms with van der Waals surface area (Å²) in [6.45, 7) is 5.29. The topological polar surface area (TPSA) is 131 Å². The number of urea groups is 1. The Labute approximate surface area is 174 Å². The highest BCUT2D eigenvalue weighted by atomic mass is 32.2. The van der Waals surface area contributed by atoms with Crippen LogP contribution in [-0.4, -0.2) is 25.3 Å². The zero-order chi connectivity index (χ0) is 21.0. The minimum Gasteiger partial charge on any atom is -0.383 e. The number of carbonyl (C=O) groups excluding carboxylic acids is 1. The molecule has 0 saturated carbocycles.